The first-order valence-corrected chi connectivity index (χ1v) is 9.81. The largest absolute Gasteiger partial charge is 0.488 e. The number of para-hydroxylation sites is 1. The van der Waals surface area contributed by atoms with Crippen LogP contribution in [0.25, 0.3) is 6.08 Å². The maximum absolute atomic E-state index is 12.3. The quantitative estimate of drug-likeness (QED) is 0.286. The van der Waals surface area contributed by atoms with Crippen molar-refractivity contribution >= 4 is 40.5 Å². The first kappa shape index (κ1) is 18.4. The van der Waals surface area contributed by atoms with Crippen molar-refractivity contribution in [3.63, 3.8) is 0 Å². The Kier molecular flexibility index (Phi) is 5.53. The summed E-state index contributed by atoms with van der Waals surface area (Å²) in [6, 6.07) is 25.1. The molecule has 28 heavy (non-hydrogen) atoms. The van der Waals surface area contributed by atoms with Gasteiger partial charge in [-0.15, -0.1) is 0 Å². The molecule has 0 atom stereocenters. The van der Waals surface area contributed by atoms with Gasteiger partial charge in [0, 0.05) is 14.7 Å². The van der Waals surface area contributed by atoms with Gasteiger partial charge in [-0.1, -0.05) is 48.5 Å². The number of carbonyl (C=O) groups is 1. The van der Waals surface area contributed by atoms with Crippen LogP contribution in [0.2, 0.25) is 0 Å². The molecule has 4 nitrogen and oxygen atoms in total. The number of aliphatic imine (C=N–C) groups is 1. The molecule has 0 saturated carbocycles. The zero-order valence-electron chi connectivity index (χ0n) is 14.8. The van der Waals surface area contributed by atoms with Crippen molar-refractivity contribution in [2.24, 2.45) is 4.99 Å². The van der Waals surface area contributed by atoms with Crippen molar-refractivity contribution in [3.8, 4) is 5.75 Å². The molecule has 1 heterocycles. The summed E-state index contributed by atoms with van der Waals surface area (Å²) in [5.74, 6) is 0.534. The molecule has 0 N–H and O–H groups in total. The van der Waals surface area contributed by atoms with E-state index in [0.29, 0.717) is 18.3 Å². The lowest BCUT2D eigenvalue weighted by molar-refractivity contribution is -0.129. The Hall–Kier alpha value is -2.93. The molecule has 0 amide bonds. The van der Waals surface area contributed by atoms with Crippen molar-refractivity contribution in [3.05, 3.63) is 105 Å². The van der Waals surface area contributed by atoms with Gasteiger partial charge in [0.2, 0.25) is 5.90 Å². The van der Waals surface area contributed by atoms with E-state index in [0.717, 1.165) is 20.3 Å². The molecule has 138 valence electrons. The minimum atomic E-state index is -0.466. The summed E-state index contributed by atoms with van der Waals surface area (Å²) in [7, 11) is 0. The molecule has 0 spiro atoms. The van der Waals surface area contributed by atoms with Crippen LogP contribution in [-0.4, -0.2) is 11.9 Å². The molecule has 0 fully saturated rings. The molecule has 0 bridgehead atoms. The SMILES string of the molecule is O=C1OC(c2ccc(I)cc2)=N/C1=C\c1ccccc1OCc1ccccc1. The molecule has 0 saturated heterocycles. The van der Waals surface area contributed by atoms with Crippen LogP contribution >= 0.6 is 22.6 Å². The number of carbonyl (C=O) groups excluding carboxylic acids is 1. The first-order valence-electron chi connectivity index (χ1n) is 8.73. The summed E-state index contributed by atoms with van der Waals surface area (Å²) in [6.07, 6.45) is 1.70. The number of halogens is 1. The summed E-state index contributed by atoms with van der Waals surface area (Å²) < 4.78 is 12.4. The lowest BCUT2D eigenvalue weighted by atomic mass is 10.1. The Bertz CT molecular complexity index is 1060. The molecule has 5 heteroatoms. The topological polar surface area (TPSA) is 47.9 Å². The van der Waals surface area contributed by atoms with E-state index in [9.17, 15) is 4.79 Å². The van der Waals surface area contributed by atoms with Crippen LogP contribution in [0.4, 0.5) is 0 Å². The lowest BCUT2D eigenvalue weighted by Gasteiger charge is -2.09. The first-order chi connectivity index (χ1) is 13.7. The van der Waals surface area contributed by atoms with Crippen LogP contribution in [0.15, 0.2) is 89.6 Å². The minimum Gasteiger partial charge on any atom is -0.488 e. The van der Waals surface area contributed by atoms with Crippen molar-refractivity contribution in [2.45, 2.75) is 6.61 Å². The van der Waals surface area contributed by atoms with Gasteiger partial charge in [-0.05, 0) is 64.6 Å². The van der Waals surface area contributed by atoms with Gasteiger partial charge in [-0.2, -0.15) is 0 Å². The van der Waals surface area contributed by atoms with Gasteiger partial charge < -0.3 is 9.47 Å². The summed E-state index contributed by atoms with van der Waals surface area (Å²) in [5.41, 5.74) is 2.87. The van der Waals surface area contributed by atoms with E-state index in [1.165, 1.54) is 0 Å². The zero-order valence-corrected chi connectivity index (χ0v) is 17.0. The Morgan fingerprint density at radius 2 is 1.64 bits per heavy atom. The fourth-order valence-electron chi connectivity index (χ4n) is 2.74. The maximum Gasteiger partial charge on any atom is 0.363 e. The fraction of sp³-hybridized carbons (Fsp3) is 0.0435. The summed E-state index contributed by atoms with van der Waals surface area (Å²) in [4.78, 5) is 16.6. The van der Waals surface area contributed by atoms with Crippen molar-refractivity contribution in [1.82, 2.24) is 0 Å². The number of hydrogen-bond acceptors (Lipinski definition) is 4. The fourth-order valence-corrected chi connectivity index (χ4v) is 3.10. The van der Waals surface area contributed by atoms with Crippen LogP contribution < -0.4 is 4.74 Å². The highest BCUT2D eigenvalue weighted by atomic mass is 127. The predicted octanol–water partition coefficient (Wildman–Crippen LogP) is 5.21. The van der Waals surface area contributed by atoms with Gasteiger partial charge in [0.15, 0.2) is 5.70 Å². The second-order valence-corrected chi connectivity index (χ2v) is 7.40. The number of benzene rings is 3. The third kappa shape index (κ3) is 4.31. The molecule has 4 rings (SSSR count). The van der Waals surface area contributed by atoms with Gasteiger partial charge in [0.25, 0.3) is 0 Å². The Balaban J connectivity index is 1.58. The number of rotatable bonds is 5. The molecular weight excluding hydrogens is 465 g/mol. The molecule has 1 aliphatic heterocycles. The number of nitrogens with zero attached hydrogens (tertiary/aromatic N) is 1. The average molecular weight is 481 g/mol. The third-order valence-corrected chi connectivity index (χ3v) is 4.88. The van der Waals surface area contributed by atoms with E-state index >= 15 is 0 Å². The number of hydrogen-bond donors (Lipinski definition) is 0. The Morgan fingerprint density at radius 3 is 2.43 bits per heavy atom. The second kappa shape index (κ2) is 8.39. The second-order valence-electron chi connectivity index (χ2n) is 6.16. The smallest absolute Gasteiger partial charge is 0.363 e. The van der Waals surface area contributed by atoms with E-state index in [2.05, 4.69) is 27.6 Å². The Labute approximate surface area is 176 Å². The maximum atomic E-state index is 12.3. The van der Waals surface area contributed by atoms with Gasteiger partial charge in [0.05, 0.1) is 0 Å². The van der Waals surface area contributed by atoms with E-state index < -0.39 is 5.97 Å². The predicted molar refractivity (Wildman–Crippen MR) is 117 cm³/mol. The van der Waals surface area contributed by atoms with Crippen molar-refractivity contribution in [2.75, 3.05) is 0 Å². The van der Waals surface area contributed by atoms with Gasteiger partial charge in [0.1, 0.15) is 12.4 Å². The van der Waals surface area contributed by atoms with E-state index in [1.54, 1.807) is 6.08 Å². The van der Waals surface area contributed by atoms with Crippen LogP contribution in [0.1, 0.15) is 16.7 Å². The highest BCUT2D eigenvalue weighted by Gasteiger charge is 2.24. The summed E-state index contributed by atoms with van der Waals surface area (Å²) >= 11 is 2.23. The molecule has 0 unspecified atom stereocenters. The van der Waals surface area contributed by atoms with Crippen molar-refractivity contribution in [1.29, 1.82) is 0 Å². The number of cyclic esters (lactones) is 1. The van der Waals surface area contributed by atoms with Crippen LogP contribution in [0, 0.1) is 3.57 Å². The molecule has 0 radical (unpaired) electrons. The zero-order chi connectivity index (χ0) is 19.3. The highest BCUT2D eigenvalue weighted by molar-refractivity contribution is 14.1. The molecule has 0 aliphatic carbocycles. The minimum absolute atomic E-state index is 0.254. The molecular formula is C23H16INO3. The average Bonchev–Trinajstić information content (AvgIpc) is 3.09. The monoisotopic (exact) mass is 481 g/mol. The summed E-state index contributed by atoms with van der Waals surface area (Å²) in [5, 5.41) is 0. The van der Waals surface area contributed by atoms with Crippen LogP contribution in [0.5, 0.6) is 5.75 Å². The van der Waals surface area contributed by atoms with E-state index in [1.807, 2.05) is 78.9 Å². The molecule has 3 aromatic carbocycles. The molecule has 3 aromatic rings. The van der Waals surface area contributed by atoms with Gasteiger partial charge in [-0.25, -0.2) is 9.79 Å². The van der Waals surface area contributed by atoms with Crippen LogP contribution in [-0.2, 0) is 16.1 Å². The van der Waals surface area contributed by atoms with Gasteiger partial charge in [-0.3, -0.25) is 0 Å². The van der Waals surface area contributed by atoms with E-state index in [4.69, 9.17) is 9.47 Å². The normalized spacial score (nSPS) is 14.7. The third-order valence-electron chi connectivity index (χ3n) is 4.16. The lowest BCUT2D eigenvalue weighted by Crippen LogP contribution is -2.05. The number of ether oxygens (including phenoxy) is 2. The molecule has 1 aliphatic rings. The highest BCUT2D eigenvalue weighted by Crippen LogP contribution is 2.25. The van der Waals surface area contributed by atoms with Crippen molar-refractivity contribution < 1.29 is 14.3 Å². The summed E-state index contributed by atoms with van der Waals surface area (Å²) in [6.45, 7) is 0.447. The van der Waals surface area contributed by atoms with Crippen LogP contribution in [0.3, 0.4) is 0 Å². The Morgan fingerprint density at radius 1 is 0.929 bits per heavy atom. The van der Waals surface area contributed by atoms with E-state index in [-0.39, 0.29) is 5.70 Å². The molecule has 0 aromatic heterocycles. The standard InChI is InChI=1S/C23H16INO3/c24-19-12-10-17(11-13-19)22-25-20(23(26)28-22)14-18-8-4-5-9-21(18)27-15-16-6-2-1-3-7-16/h1-14H,15H2/b20-14-. The number of esters is 1. The van der Waals surface area contributed by atoms with Gasteiger partial charge >= 0.3 is 5.97 Å².